The number of carbonyl (C=O) groups is 1. The van der Waals surface area contributed by atoms with Crippen LogP contribution in [0.1, 0.15) is 11.1 Å². The second kappa shape index (κ2) is 7.72. The average Bonchev–Trinajstić information content (AvgIpc) is 3.03. The van der Waals surface area contributed by atoms with Crippen molar-refractivity contribution >= 4 is 51.1 Å². The van der Waals surface area contributed by atoms with Gasteiger partial charge in [-0.15, -0.1) is 0 Å². The average molecular weight is 365 g/mol. The minimum Gasteiger partial charge on any atom is -0.325 e. The molecule has 2 heterocycles. The third-order valence-electron chi connectivity index (χ3n) is 2.88. The van der Waals surface area contributed by atoms with Crippen LogP contribution >= 0.6 is 35.1 Å². The maximum atomic E-state index is 12.0. The van der Waals surface area contributed by atoms with Crippen LogP contribution < -0.4 is 10.7 Å². The Morgan fingerprint density at radius 3 is 3.04 bits per heavy atom. The Labute approximate surface area is 147 Å². The summed E-state index contributed by atoms with van der Waals surface area (Å²) in [5, 5.41) is 7.63. The first-order valence-electron chi connectivity index (χ1n) is 6.80. The van der Waals surface area contributed by atoms with E-state index < -0.39 is 0 Å². The van der Waals surface area contributed by atoms with Crippen molar-refractivity contribution in [2.75, 3.05) is 11.1 Å². The van der Waals surface area contributed by atoms with Gasteiger partial charge >= 0.3 is 0 Å². The Balaban J connectivity index is 1.47. The maximum Gasteiger partial charge on any atom is 0.234 e. The normalized spacial score (nSPS) is 16.6. The van der Waals surface area contributed by atoms with Crippen molar-refractivity contribution < 1.29 is 4.79 Å². The molecule has 1 aliphatic rings. The Bertz CT molecular complexity index is 726. The number of nitrogens with zero attached hydrogens (tertiary/aromatic N) is 2. The predicted molar refractivity (Wildman–Crippen MR) is 97.7 cm³/mol. The van der Waals surface area contributed by atoms with Gasteiger partial charge in [0.25, 0.3) is 0 Å². The molecule has 1 aromatic heterocycles. The lowest BCUT2D eigenvalue weighted by molar-refractivity contribution is -0.113. The molecule has 1 atom stereocenters. The van der Waals surface area contributed by atoms with E-state index in [0.29, 0.717) is 10.7 Å². The van der Waals surface area contributed by atoms with E-state index in [9.17, 15) is 4.79 Å². The third kappa shape index (κ3) is 4.63. The molecule has 0 spiro atoms. The van der Waals surface area contributed by atoms with E-state index in [4.69, 9.17) is 11.6 Å². The highest BCUT2D eigenvalue weighted by molar-refractivity contribution is 8.39. The van der Waals surface area contributed by atoms with Crippen LogP contribution in [0.15, 0.2) is 53.8 Å². The highest BCUT2D eigenvalue weighted by atomic mass is 35.5. The molecule has 0 saturated heterocycles. The largest absolute Gasteiger partial charge is 0.325 e. The lowest BCUT2D eigenvalue weighted by atomic mass is 10.3. The van der Waals surface area contributed by atoms with Gasteiger partial charge in [0, 0.05) is 16.9 Å². The fourth-order valence-corrected chi connectivity index (χ4v) is 3.92. The molecule has 0 saturated carbocycles. The lowest BCUT2D eigenvalue weighted by Gasteiger charge is -2.07. The molecule has 0 unspecified atom stereocenters. The van der Waals surface area contributed by atoms with Gasteiger partial charge in [-0.05, 0) is 30.3 Å². The topological polar surface area (TPSA) is 66.4 Å². The molecular weight excluding hydrogens is 352 g/mol. The van der Waals surface area contributed by atoms with Gasteiger partial charge in [-0.3, -0.25) is 15.2 Å². The van der Waals surface area contributed by atoms with Gasteiger partial charge in [-0.1, -0.05) is 47.3 Å². The predicted octanol–water partition coefficient (Wildman–Crippen LogP) is 3.71. The first-order chi connectivity index (χ1) is 11.2. The van der Waals surface area contributed by atoms with Crippen molar-refractivity contribution in [1.82, 2.24) is 10.4 Å². The second-order valence-electron chi connectivity index (χ2n) is 4.61. The van der Waals surface area contributed by atoms with Crippen molar-refractivity contribution in [3.8, 4) is 0 Å². The zero-order valence-electron chi connectivity index (χ0n) is 11.9. The number of carbonyl (C=O) groups excluding carboxylic acids is 1. The van der Waals surface area contributed by atoms with Crippen molar-refractivity contribution in [3.63, 3.8) is 0 Å². The summed E-state index contributed by atoms with van der Waals surface area (Å²) in [7, 11) is 0. The molecule has 118 valence electrons. The Kier molecular flexibility index (Phi) is 5.43. The van der Waals surface area contributed by atoms with Crippen molar-refractivity contribution in [1.29, 1.82) is 0 Å². The summed E-state index contributed by atoms with van der Waals surface area (Å²) < 4.78 is 0.821. The summed E-state index contributed by atoms with van der Waals surface area (Å²) >= 11 is 8.83. The lowest BCUT2D eigenvalue weighted by Crippen LogP contribution is -2.14. The Morgan fingerprint density at radius 1 is 1.35 bits per heavy atom. The first-order valence-corrected chi connectivity index (χ1v) is 9.04. The van der Waals surface area contributed by atoms with E-state index in [0.717, 1.165) is 10.1 Å². The number of amides is 1. The van der Waals surface area contributed by atoms with Crippen LogP contribution in [0.25, 0.3) is 0 Å². The number of aromatic nitrogens is 1. The number of anilines is 1. The fraction of sp³-hybridized carbons (Fsp3) is 0.133. The van der Waals surface area contributed by atoms with Gasteiger partial charge in [0.05, 0.1) is 11.4 Å². The number of halogens is 1. The number of rotatable bonds is 4. The highest BCUT2D eigenvalue weighted by Crippen LogP contribution is 2.34. The minimum atomic E-state index is -0.0955. The molecular formula is C15H13ClN4OS2. The fourth-order valence-electron chi connectivity index (χ4n) is 1.88. The summed E-state index contributed by atoms with van der Waals surface area (Å²) in [5.41, 5.74) is 4.63. The van der Waals surface area contributed by atoms with Crippen LogP contribution in [0, 0.1) is 0 Å². The van der Waals surface area contributed by atoms with E-state index in [2.05, 4.69) is 20.8 Å². The summed E-state index contributed by atoms with van der Waals surface area (Å²) in [6.07, 6.45) is 1.75. The number of pyridine rings is 1. The van der Waals surface area contributed by atoms with Gasteiger partial charge in [0.2, 0.25) is 5.91 Å². The third-order valence-corrected chi connectivity index (χ3v) is 5.38. The molecule has 8 heteroatoms. The van der Waals surface area contributed by atoms with Gasteiger partial charge in [0.15, 0.2) is 4.38 Å². The number of hydrogen-bond donors (Lipinski definition) is 2. The van der Waals surface area contributed by atoms with Crippen molar-refractivity contribution in [2.45, 2.75) is 5.37 Å². The summed E-state index contributed by atoms with van der Waals surface area (Å²) in [6.45, 7) is 0. The van der Waals surface area contributed by atoms with Gasteiger partial charge in [-0.2, -0.15) is 5.10 Å². The SMILES string of the molecule is O=C(CSC1=NN[C@@H](c2ccccn2)S1)Nc1cccc(Cl)c1. The summed E-state index contributed by atoms with van der Waals surface area (Å²) in [6, 6.07) is 12.8. The molecule has 0 bridgehead atoms. The van der Waals surface area contributed by atoms with E-state index in [1.165, 1.54) is 11.8 Å². The molecule has 0 aliphatic carbocycles. The van der Waals surface area contributed by atoms with Crippen molar-refractivity contribution in [2.24, 2.45) is 5.10 Å². The number of nitrogens with one attached hydrogen (secondary N) is 2. The van der Waals surface area contributed by atoms with E-state index in [-0.39, 0.29) is 17.0 Å². The zero-order valence-corrected chi connectivity index (χ0v) is 14.3. The second-order valence-corrected chi connectivity index (χ2v) is 7.36. The van der Waals surface area contributed by atoms with Crippen LogP contribution in [-0.2, 0) is 4.79 Å². The number of hydrogen-bond acceptors (Lipinski definition) is 6. The van der Waals surface area contributed by atoms with E-state index >= 15 is 0 Å². The van der Waals surface area contributed by atoms with E-state index in [1.54, 1.807) is 42.2 Å². The Hall–Kier alpha value is -1.70. The van der Waals surface area contributed by atoms with E-state index in [1.807, 2.05) is 18.2 Å². The standard InChI is InChI=1S/C15H13ClN4OS2/c16-10-4-3-5-11(8-10)18-13(21)9-22-15-20-19-14(23-15)12-6-1-2-7-17-12/h1-8,14,19H,9H2,(H,18,21)/t14-/m1/s1. The molecule has 5 nitrogen and oxygen atoms in total. The van der Waals surface area contributed by atoms with Crippen LogP contribution in [-0.4, -0.2) is 21.0 Å². The van der Waals surface area contributed by atoms with Gasteiger partial charge in [0.1, 0.15) is 5.37 Å². The quantitative estimate of drug-likeness (QED) is 0.865. The molecule has 1 aromatic carbocycles. The van der Waals surface area contributed by atoms with Gasteiger partial charge < -0.3 is 5.32 Å². The molecule has 3 rings (SSSR count). The first kappa shape index (κ1) is 16.2. The smallest absolute Gasteiger partial charge is 0.234 e. The van der Waals surface area contributed by atoms with Crippen LogP contribution in [0.5, 0.6) is 0 Å². The molecule has 23 heavy (non-hydrogen) atoms. The maximum absolute atomic E-state index is 12.0. The summed E-state index contributed by atoms with van der Waals surface area (Å²) in [5.74, 6) is 0.191. The molecule has 0 radical (unpaired) electrons. The monoisotopic (exact) mass is 364 g/mol. The molecule has 0 fully saturated rings. The zero-order chi connectivity index (χ0) is 16.1. The molecule has 1 amide bonds. The molecule has 1 aliphatic heterocycles. The number of thioether (sulfide) groups is 2. The summed E-state index contributed by atoms with van der Waals surface area (Å²) in [4.78, 5) is 16.3. The minimum absolute atomic E-state index is 0.00492. The highest BCUT2D eigenvalue weighted by Gasteiger charge is 2.22. The molecule has 2 N–H and O–H groups in total. The van der Waals surface area contributed by atoms with Crippen LogP contribution in [0.3, 0.4) is 0 Å². The van der Waals surface area contributed by atoms with Crippen LogP contribution in [0.4, 0.5) is 5.69 Å². The molecule has 2 aromatic rings. The number of benzene rings is 1. The Morgan fingerprint density at radius 2 is 2.26 bits per heavy atom. The number of hydrazone groups is 1. The van der Waals surface area contributed by atoms with Crippen molar-refractivity contribution in [3.05, 3.63) is 59.4 Å². The van der Waals surface area contributed by atoms with Gasteiger partial charge in [-0.25, -0.2) is 0 Å². The van der Waals surface area contributed by atoms with Crippen LogP contribution in [0.2, 0.25) is 5.02 Å².